The summed E-state index contributed by atoms with van der Waals surface area (Å²) < 4.78 is 5.31. The monoisotopic (exact) mass is 427 g/mol. The molecule has 0 bridgehead atoms. The van der Waals surface area contributed by atoms with E-state index in [0.717, 1.165) is 55.0 Å². The summed E-state index contributed by atoms with van der Waals surface area (Å²) in [5.41, 5.74) is 10.9. The summed E-state index contributed by atoms with van der Waals surface area (Å²) in [6.07, 6.45) is 6.65. The van der Waals surface area contributed by atoms with Crippen LogP contribution in [0.4, 0.5) is 5.82 Å². The van der Waals surface area contributed by atoms with Gasteiger partial charge in [0.1, 0.15) is 23.5 Å². The van der Waals surface area contributed by atoms with E-state index < -0.39 is 0 Å². The summed E-state index contributed by atoms with van der Waals surface area (Å²) >= 11 is 0. The van der Waals surface area contributed by atoms with Gasteiger partial charge in [0.25, 0.3) is 0 Å². The molecule has 0 unspecified atom stereocenters. The Balaban J connectivity index is 1.42. The molecule has 0 radical (unpaired) electrons. The summed E-state index contributed by atoms with van der Waals surface area (Å²) in [6, 6.07) is 19.3. The number of methoxy groups -OCH3 is 1. The molecule has 2 aromatic carbocycles. The van der Waals surface area contributed by atoms with Gasteiger partial charge in [-0.3, -0.25) is 0 Å². The maximum atomic E-state index is 6.12. The van der Waals surface area contributed by atoms with E-state index >= 15 is 0 Å². The normalized spacial score (nSPS) is 15.8. The molecular formula is C26H29N5O. The average Bonchev–Trinajstić information content (AvgIpc) is 3.34. The maximum Gasteiger partial charge on any atom is 0.142 e. The molecule has 0 aliphatic carbocycles. The molecule has 6 nitrogen and oxygen atoms in total. The summed E-state index contributed by atoms with van der Waals surface area (Å²) in [7, 11) is 1.70. The minimum absolute atomic E-state index is 0.0814. The number of benzene rings is 2. The molecule has 6 heteroatoms. The van der Waals surface area contributed by atoms with Crippen LogP contribution in [0.3, 0.4) is 0 Å². The number of rotatable bonds is 6. The lowest BCUT2D eigenvalue weighted by Crippen LogP contribution is -2.44. The van der Waals surface area contributed by atoms with E-state index in [1.807, 2.05) is 18.3 Å². The number of nitrogens with zero attached hydrogens (tertiary/aromatic N) is 3. The third kappa shape index (κ3) is 3.71. The van der Waals surface area contributed by atoms with Crippen LogP contribution in [0.15, 0.2) is 67.1 Å². The number of hydrogen-bond acceptors (Lipinski definition) is 5. The van der Waals surface area contributed by atoms with Crippen LogP contribution in [-0.4, -0.2) is 41.7 Å². The largest absolute Gasteiger partial charge is 0.497 e. The minimum Gasteiger partial charge on any atom is -0.497 e. The lowest BCUT2D eigenvalue weighted by atomic mass is 9.70. The predicted octanol–water partition coefficient (Wildman–Crippen LogP) is 4.52. The van der Waals surface area contributed by atoms with E-state index in [1.165, 1.54) is 16.7 Å². The van der Waals surface area contributed by atoms with Crippen molar-refractivity contribution in [2.24, 2.45) is 5.73 Å². The van der Waals surface area contributed by atoms with Crippen molar-refractivity contribution in [3.8, 4) is 16.9 Å². The second kappa shape index (κ2) is 8.63. The Labute approximate surface area is 188 Å². The van der Waals surface area contributed by atoms with Crippen LogP contribution in [0, 0.1) is 0 Å². The van der Waals surface area contributed by atoms with E-state index in [4.69, 9.17) is 10.5 Å². The van der Waals surface area contributed by atoms with Crippen LogP contribution in [0.2, 0.25) is 0 Å². The van der Waals surface area contributed by atoms with Gasteiger partial charge in [-0.25, -0.2) is 9.97 Å². The average molecular weight is 428 g/mol. The second-order valence-electron chi connectivity index (χ2n) is 8.55. The number of aromatic amines is 1. The first-order valence-electron chi connectivity index (χ1n) is 11.2. The number of H-pyrrole nitrogens is 1. The molecule has 0 amide bonds. The lowest BCUT2D eigenvalue weighted by molar-refractivity contribution is 0.312. The Kier molecular flexibility index (Phi) is 5.53. The molecule has 4 aromatic rings. The van der Waals surface area contributed by atoms with Crippen LogP contribution in [0.1, 0.15) is 24.8 Å². The minimum atomic E-state index is 0.0814. The zero-order chi connectivity index (χ0) is 22.0. The van der Waals surface area contributed by atoms with E-state index in [0.29, 0.717) is 6.54 Å². The van der Waals surface area contributed by atoms with Crippen LogP contribution < -0.4 is 15.4 Å². The Hall–Kier alpha value is -3.38. The van der Waals surface area contributed by atoms with Crippen LogP contribution in [0.25, 0.3) is 22.2 Å². The highest BCUT2D eigenvalue weighted by Gasteiger charge is 2.36. The van der Waals surface area contributed by atoms with Gasteiger partial charge in [-0.05, 0) is 66.1 Å². The zero-order valence-corrected chi connectivity index (χ0v) is 18.4. The standard InChI is InChI=1S/C26H29N5O/c1-32-22-7-5-19(6-8-22)20-3-2-4-21(17-20)26(10-13-27)11-15-31(16-12-26)25-23-9-14-28-24(23)29-18-30-25/h2-9,14,17-18H,10-13,15-16,27H2,1H3,(H,28,29,30). The molecule has 0 atom stereocenters. The third-order valence-corrected chi connectivity index (χ3v) is 6.87. The summed E-state index contributed by atoms with van der Waals surface area (Å²) in [6.45, 7) is 2.58. The van der Waals surface area contributed by atoms with Gasteiger partial charge in [0, 0.05) is 19.3 Å². The highest BCUT2D eigenvalue weighted by Crippen LogP contribution is 2.41. The van der Waals surface area contributed by atoms with E-state index in [2.05, 4.69) is 62.3 Å². The van der Waals surface area contributed by atoms with Crippen molar-refractivity contribution in [3.63, 3.8) is 0 Å². The molecule has 0 saturated carbocycles. The first kappa shape index (κ1) is 20.5. The van der Waals surface area contributed by atoms with Gasteiger partial charge in [-0.2, -0.15) is 0 Å². The molecular weight excluding hydrogens is 398 g/mol. The number of aromatic nitrogens is 3. The van der Waals surface area contributed by atoms with Crippen molar-refractivity contribution in [1.29, 1.82) is 0 Å². The zero-order valence-electron chi connectivity index (χ0n) is 18.4. The number of hydrogen-bond donors (Lipinski definition) is 2. The van der Waals surface area contributed by atoms with E-state index in [1.54, 1.807) is 13.4 Å². The molecule has 3 heterocycles. The number of fused-ring (bicyclic) bond motifs is 1. The molecule has 1 aliphatic heterocycles. The van der Waals surface area contributed by atoms with Gasteiger partial charge in [-0.15, -0.1) is 0 Å². The quantitative estimate of drug-likeness (QED) is 0.473. The molecule has 1 saturated heterocycles. The molecule has 1 aliphatic rings. The summed E-state index contributed by atoms with van der Waals surface area (Å²) in [5.74, 6) is 1.89. The molecule has 3 N–H and O–H groups in total. The highest BCUT2D eigenvalue weighted by atomic mass is 16.5. The predicted molar refractivity (Wildman–Crippen MR) is 129 cm³/mol. The van der Waals surface area contributed by atoms with Crippen molar-refractivity contribution in [1.82, 2.24) is 15.0 Å². The van der Waals surface area contributed by atoms with E-state index in [9.17, 15) is 0 Å². The van der Waals surface area contributed by atoms with Gasteiger partial charge < -0.3 is 20.4 Å². The van der Waals surface area contributed by atoms with Crippen molar-refractivity contribution in [2.45, 2.75) is 24.7 Å². The van der Waals surface area contributed by atoms with Crippen LogP contribution >= 0.6 is 0 Å². The lowest BCUT2D eigenvalue weighted by Gasteiger charge is -2.43. The maximum absolute atomic E-state index is 6.12. The number of nitrogens with two attached hydrogens (primary N) is 1. The third-order valence-electron chi connectivity index (χ3n) is 6.87. The Morgan fingerprint density at radius 1 is 1.03 bits per heavy atom. The number of anilines is 1. The summed E-state index contributed by atoms with van der Waals surface area (Å²) in [4.78, 5) is 14.5. The van der Waals surface area contributed by atoms with Crippen molar-refractivity contribution in [3.05, 3.63) is 72.7 Å². The molecule has 5 rings (SSSR count). The van der Waals surface area contributed by atoms with Gasteiger partial charge >= 0.3 is 0 Å². The van der Waals surface area contributed by atoms with E-state index in [-0.39, 0.29) is 5.41 Å². The molecule has 2 aromatic heterocycles. The van der Waals surface area contributed by atoms with Crippen LogP contribution in [-0.2, 0) is 5.41 Å². The topological polar surface area (TPSA) is 80.1 Å². The molecule has 164 valence electrons. The van der Waals surface area contributed by atoms with Crippen molar-refractivity contribution in [2.75, 3.05) is 31.6 Å². The SMILES string of the molecule is COc1ccc(-c2cccc(C3(CCN)CCN(c4ncnc5[nH]ccc45)CC3)c2)cc1. The molecule has 1 fully saturated rings. The fraction of sp³-hybridized carbons (Fsp3) is 0.308. The number of nitrogens with one attached hydrogen (secondary N) is 1. The first-order chi connectivity index (χ1) is 15.7. The molecule has 32 heavy (non-hydrogen) atoms. The Morgan fingerprint density at radius 2 is 1.84 bits per heavy atom. The smallest absolute Gasteiger partial charge is 0.142 e. The van der Waals surface area contributed by atoms with Crippen molar-refractivity contribution >= 4 is 16.9 Å². The Morgan fingerprint density at radius 3 is 2.59 bits per heavy atom. The number of ether oxygens (including phenoxy) is 1. The van der Waals surface area contributed by atoms with Crippen LogP contribution in [0.5, 0.6) is 5.75 Å². The first-order valence-corrected chi connectivity index (χ1v) is 11.2. The fourth-order valence-corrected chi connectivity index (χ4v) is 5.03. The van der Waals surface area contributed by atoms with Gasteiger partial charge in [0.05, 0.1) is 12.5 Å². The van der Waals surface area contributed by atoms with Crippen molar-refractivity contribution < 1.29 is 4.74 Å². The Bertz CT molecular complexity index is 1190. The second-order valence-corrected chi connectivity index (χ2v) is 8.55. The molecule has 0 spiro atoms. The number of piperidine rings is 1. The van der Waals surface area contributed by atoms with Gasteiger partial charge in [-0.1, -0.05) is 36.4 Å². The summed E-state index contributed by atoms with van der Waals surface area (Å²) in [5, 5.41) is 1.08. The fourth-order valence-electron chi connectivity index (χ4n) is 5.03. The van der Waals surface area contributed by atoms with Gasteiger partial charge in [0.15, 0.2) is 0 Å². The highest BCUT2D eigenvalue weighted by molar-refractivity contribution is 5.87. The van der Waals surface area contributed by atoms with Gasteiger partial charge in [0.2, 0.25) is 0 Å².